The molecule has 1 aliphatic rings. The van der Waals surface area contributed by atoms with Gasteiger partial charge in [0.1, 0.15) is 11.6 Å². The molecule has 0 saturated carbocycles. The average molecular weight is 462 g/mol. The SMILES string of the molecule is COc1ccc(C(=O)N(CCN2CCC(C(=O)c3ccc(F)cc3)CC2)c2cccnc2)cc1. The van der Waals surface area contributed by atoms with Crippen LogP contribution in [0.2, 0.25) is 0 Å². The molecule has 0 spiro atoms. The van der Waals surface area contributed by atoms with Gasteiger partial charge < -0.3 is 14.5 Å². The number of piperidine rings is 1. The van der Waals surface area contributed by atoms with Crippen LogP contribution in [-0.4, -0.2) is 54.9 Å². The van der Waals surface area contributed by atoms with Gasteiger partial charge in [-0.25, -0.2) is 4.39 Å². The lowest BCUT2D eigenvalue weighted by molar-refractivity contribution is 0.0841. The number of rotatable bonds is 8. The Labute approximate surface area is 199 Å². The summed E-state index contributed by atoms with van der Waals surface area (Å²) < 4.78 is 18.4. The fraction of sp³-hybridized carbons (Fsp3) is 0.296. The van der Waals surface area contributed by atoms with Crippen LogP contribution in [0, 0.1) is 11.7 Å². The second-order valence-corrected chi connectivity index (χ2v) is 8.38. The number of hydrogen-bond donors (Lipinski definition) is 0. The Morgan fingerprint density at radius 3 is 2.32 bits per heavy atom. The molecule has 0 atom stereocenters. The Kier molecular flexibility index (Phi) is 7.65. The van der Waals surface area contributed by atoms with Crippen molar-refractivity contribution in [2.75, 3.05) is 38.2 Å². The van der Waals surface area contributed by atoms with Crippen molar-refractivity contribution in [3.05, 3.63) is 90.0 Å². The third-order valence-corrected chi connectivity index (χ3v) is 6.27. The second-order valence-electron chi connectivity index (χ2n) is 8.38. The Balaban J connectivity index is 1.38. The molecule has 2 aromatic carbocycles. The van der Waals surface area contributed by atoms with Gasteiger partial charge in [-0.15, -0.1) is 0 Å². The molecule has 1 fully saturated rings. The number of carbonyl (C=O) groups excluding carboxylic acids is 2. The minimum Gasteiger partial charge on any atom is -0.497 e. The minimum absolute atomic E-state index is 0.0583. The van der Waals surface area contributed by atoms with Crippen molar-refractivity contribution in [1.29, 1.82) is 0 Å². The number of hydrogen-bond acceptors (Lipinski definition) is 5. The molecule has 1 amide bonds. The van der Waals surface area contributed by atoms with E-state index in [4.69, 9.17) is 4.74 Å². The van der Waals surface area contributed by atoms with Crippen LogP contribution in [-0.2, 0) is 0 Å². The van der Waals surface area contributed by atoms with Gasteiger partial charge >= 0.3 is 0 Å². The summed E-state index contributed by atoms with van der Waals surface area (Å²) >= 11 is 0. The number of Topliss-reactive ketones (excluding diaryl/α,β-unsaturated/α-hetero) is 1. The highest BCUT2D eigenvalue weighted by molar-refractivity contribution is 6.06. The predicted molar refractivity (Wildman–Crippen MR) is 129 cm³/mol. The van der Waals surface area contributed by atoms with Gasteiger partial charge in [0.15, 0.2) is 5.78 Å². The number of benzene rings is 2. The average Bonchev–Trinajstić information content (AvgIpc) is 2.90. The zero-order valence-electron chi connectivity index (χ0n) is 19.2. The number of anilines is 1. The number of carbonyl (C=O) groups is 2. The van der Waals surface area contributed by atoms with E-state index in [-0.39, 0.29) is 23.4 Å². The van der Waals surface area contributed by atoms with Crippen molar-refractivity contribution in [1.82, 2.24) is 9.88 Å². The van der Waals surface area contributed by atoms with Gasteiger partial charge in [-0.3, -0.25) is 14.6 Å². The summed E-state index contributed by atoms with van der Waals surface area (Å²) in [5, 5.41) is 0. The molecule has 176 valence electrons. The molecule has 1 aliphatic heterocycles. The zero-order valence-corrected chi connectivity index (χ0v) is 19.2. The largest absolute Gasteiger partial charge is 0.497 e. The molecule has 34 heavy (non-hydrogen) atoms. The number of pyridine rings is 1. The van der Waals surface area contributed by atoms with Crippen molar-refractivity contribution in [2.45, 2.75) is 12.8 Å². The summed E-state index contributed by atoms with van der Waals surface area (Å²) in [5.74, 6) is 0.275. The molecule has 1 aromatic heterocycles. The van der Waals surface area contributed by atoms with E-state index in [1.165, 1.54) is 12.1 Å². The summed E-state index contributed by atoms with van der Waals surface area (Å²) in [6, 6.07) is 16.5. The van der Waals surface area contributed by atoms with E-state index in [0.29, 0.717) is 30.0 Å². The first-order chi connectivity index (χ1) is 16.5. The van der Waals surface area contributed by atoms with E-state index >= 15 is 0 Å². The Morgan fingerprint density at radius 2 is 1.71 bits per heavy atom. The summed E-state index contributed by atoms with van der Waals surface area (Å²) in [7, 11) is 1.59. The summed E-state index contributed by atoms with van der Waals surface area (Å²) in [4.78, 5) is 34.3. The molecule has 1 saturated heterocycles. The first-order valence-electron chi connectivity index (χ1n) is 11.4. The van der Waals surface area contributed by atoms with Crippen LogP contribution >= 0.6 is 0 Å². The Bertz CT molecular complexity index is 1100. The topological polar surface area (TPSA) is 62.7 Å². The van der Waals surface area contributed by atoms with E-state index in [1.54, 1.807) is 60.8 Å². The maximum absolute atomic E-state index is 13.3. The lowest BCUT2D eigenvalue weighted by Gasteiger charge is -2.33. The van der Waals surface area contributed by atoms with E-state index in [1.807, 2.05) is 12.1 Å². The number of nitrogens with zero attached hydrogens (tertiary/aromatic N) is 3. The molecule has 2 heterocycles. The molecular weight excluding hydrogens is 433 g/mol. The third kappa shape index (κ3) is 5.66. The van der Waals surface area contributed by atoms with Crippen LogP contribution < -0.4 is 9.64 Å². The van der Waals surface area contributed by atoms with E-state index in [2.05, 4.69) is 9.88 Å². The first kappa shape index (κ1) is 23.6. The van der Waals surface area contributed by atoms with Crippen molar-refractivity contribution in [3.8, 4) is 5.75 Å². The summed E-state index contributed by atoms with van der Waals surface area (Å²) in [6.07, 6.45) is 4.86. The zero-order chi connectivity index (χ0) is 23.9. The number of ketones is 1. The molecular formula is C27H28FN3O3. The van der Waals surface area contributed by atoms with Gasteiger partial charge in [0.2, 0.25) is 0 Å². The molecule has 7 heteroatoms. The number of halogens is 1. The van der Waals surface area contributed by atoms with Gasteiger partial charge in [-0.1, -0.05) is 0 Å². The van der Waals surface area contributed by atoms with Crippen molar-refractivity contribution in [3.63, 3.8) is 0 Å². The number of methoxy groups -OCH3 is 1. The molecule has 0 unspecified atom stereocenters. The highest BCUT2D eigenvalue weighted by Crippen LogP contribution is 2.23. The van der Waals surface area contributed by atoms with E-state index in [9.17, 15) is 14.0 Å². The third-order valence-electron chi connectivity index (χ3n) is 6.27. The molecule has 6 nitrogen and oxygen atoms in total. The number of aromatic nitrogens is 1. The van der Waals surface area contributed by atoms with Gasteiger partial charge in [-0.05, 0) is 86.6 Å². The van der Waals surface area contributed by atoms with Crippen LogP contribution in [0.1, 0.15) is 33.6 Å². The molecule has 0 aliphatic carbocycles. The summed E-state index contributed by atoms with van der Waals surface area (Å²) in [5.41, 5.74) is 1.88. The molecule has 4 rings (SSSR count). The van der Waals surface area contributed by atoms with Crippen LogP contribution in [0.4, 0.5) is 10.1 Å². The van der Waals surface area contributed by atoms with Gasteiger partial charge in [0, 0.05) is 36.3 Å². The number of amides is 1. The molecule has 0 radical (unpaired) electrons. The molecule has 0 bridgehead atoms. The van der Waals surface area contributed by atoms with Crippen LogP contribution in [0.5, 0.6) is 5.75 Å². The number of ether oxygens (including phenoxy) is 1. The predicted octanol–water partition coefficient (Wildman–Crippen LogP) is 4.47. The quantitative estimate of drug-likeness (QED) is 0.463. The summed E-state index contributed by atoms with van der Waals surface area (Å²) in [6.45, 7) is 2.74. The number of likely N-dealkylation sites (tertiary alicyclic amines) is 1. The normalized spacial score (nSPS) is 14.5. The Hall–Kier alpha value is -3.58. The Morgan fingerprint density at radius 1 is 1.03 bits per heavy atom. The van der Waals surface area contributed by atoms with Crippen LogP contribution in [0.15, 0.2) is 73.1 Å². The fourth-order valence-electron chi connectivity index (χ4n) is 4.26. The van der Waals surface area contributed by atoms with Crippen molar-refractivity contribution < 1.29 is 18.7 Å². The van der Waals surface area contributed by atoms with Gasteiger partial charge in [0.05, 0.1) is 19.0 Å². The highest BCUT2D eigenvalue weighted by Gasteiger charge is 2.27. The maximum Gasteiger partial charge on any atom is 0.258 e. The fourth-order valence-corrected chi connectivity index (χ4v) is 4.26. The standard InChI is InChI=1S/C27H28FN3O3/c1-34-25-10-6-22(7-11-25)27(33)31(24-3-2-14-29-19-24)18-17-30-15-12-21(13-16-30)26(32)20-4-8-23(28)9-5-20/h2-11,14,19,21H,12-13,15-18H2,1H3. The maximum atomic E-state index is 13.3. The minimum atomic E-state index is -0.339. The smallest absolute Gasteiger partial charge is 0.258 e. The molecule has 0 N–H and O–H groups in total. The van der Waals surface area contributed by atoms with E-state index in [0.717, 1.165) is 31.6 Å². The highest BCUT2D eigenvalue weighted by atomic mass is 19.1. The van der Waals surface area contributed by atoms with E-state index < -0.39 is 0 Å². The molecule has 3 aromatic rings. The monoisotopic (exact) mass is 461 g/mol. The van der Waals surface area contributed by atoms with Crippen molar-refractivity contribution >= 4 is 17.4 Å². The van der Waals surface area contributed by atoms with Crippen LogP contribution in [0.3, 0.4) is 0 Å². The van der Waals surface area contributed by atoms with Gasteiger partial charge in [-0.2, -0.15) is 0 Å². The van der Waals surface area contributed by atoms with Crippen LogP contribution in [0.25, 0.3) is 0 Å². The first-order valence-corrected chi connectivity index (χ1v) is 11.4. The van der Waals surface area contributed by atoms with Gasteiger partial charge in [0.25, 0.3) is 5.91 Å². The second kappa shape index (κ2) is 11.0. The van der Waals surface area contributed by atoms with Crippen molar-refractivity contribution in [2.24, 2.45) is 5.92 Å². The lowest BCUT2D eigenvalue weighted by Crippen LogP contribution is -2.43. The lowest BCUT2D eigenvalue weighted by atomic mass is 9.89.